The Balaban J connectivity index is 2.28. The molecule has 1 rings (SSSR count). The van der Waals surface area contributed by atoms with E-state index in [9.17, 15) is 14.7 Å². The van der Waals surface area contributed by atoms with Gasteiger partial charge in [0.15, 0.2) is 0 Å². The Labute approximate surface area is 198 Å². The molecule has 1 fully saturated rings. The van der Waals surface area contributed by atoms with Crippen molar-refractivity contribution < 1.29 is 19.4 Å². The second-order valence-electron chi connectivity index (χ2n) is 10.6. The Kier molecular flexibility index (Phi) is 16.6. The van der Waals surface area contributed by atoms with Crippen LogP contribution in [0.3, 0.4) is 0 Å². The van der Waals surface area contributed by atoms with Gasteiger partial charge in [-0.3, -0.25) is 9.59 Å². The number of unbranched alkanes of at least 4 members (excludes halogenated alkanes) is 10. The second kappa shape index (κ2) is 18.4. The lowest BCUT2D eigenvalue weighted by Crippen LogP contribution is -2.31. The third-order valence-corrected chi connectivity index (χ3v) is 7.08. The topological polar surface area (TPSA) is 63.6 Å². The van der Waals surface area contributed by atoms with Crippen molar-refractivity contribution in [1.82, 2.24) is 0 Å². The van der Waals surface area contributed by atoms with Gasteiger partial charge in [0.1, 0.15) is 6.10 Å². The van der Waals surface area contributed by atoms with Crippen LogP contribution in [0.2, 0.25) is 0 Å². The zero-order valence-corrected chi connectivity index (χ0v) is 21.4. The van der Waals surface area contributed by atoms with Crippen LogP contribution < -0.4 is 0 Å². The molecule has 3 atom stereocenters. The highest BCUT2D eigenvalue weighted by Gasteiger charge is 2.32. The average Bonchev–Trinajstić information content (AvgIpc) is 2.77. The molecule has 0 bridgehead atoms. The highest BCUT2D eigenvalue weighted by molar-refractivity contribution is 5.75. The van der Waals surface area contributed by atoms with Crippen LogP contribution in [0, 0.1) is 17.8 Å². The van der Waals surface area contributed by atoms with E-state index >= 15 is 0 Å². The Morgan fingerprint density at radius 1 is 0.781 bits per heavy atom. The summed E-state index contributed by atoms with van der Waals surface area (Å²) in [6, 6.07) is 0. The minimum atomic E-state index is -0.765. The first kappa shape index (κ1) is 29.0. The molecule has 0 aromatic heterocycles. The van der Waals surface area contributed by atoms with Crippen molar-refractivity contribution >= 4 is 11.9 Å². The van der Waals surface area contributed by atoms with Crippen LogP contribution in [-0.4, -0.2) is 23.1 Å². The Hall–Kier alpha value is -1.06. The van der Waals surface area contributed by atoms with Gasteiger partial charge in [0.05, 0.1) is 11.8 Å². The molecule has 188 valence electrons. The molecule has 0 aromatic carbocycles. The Bertz CT molecular complexity index is 488. The number of hydrogen-bond acceptors (Lipinski definition) is 3. The molecule has 0 radical (unpaired) electrons. The van der Waals surface area contributed by atoms with E-state index in [-0.39, 0.29) is 23.9 Å². The van der Waals surface area contributed by atoms with E-state index in [2.05, 4.69) is 20.8 Å². The molecule has 4 nitrogen and oxygen atoms in total. The molecule has 1 N–H and O–H groups in total. The third-order valence-electron chi connectivity index (χ3n) is 7.08. The molecule has 0 spiro atoms. The van der Waals surface area contributed by atoms with Gasteiger partial charge in [0, 0.05) is 0 Å². The number of hydrogen-bond donors (Lipinski definition) is 1. The Morgan fingerprint density at radius 3 is 1.81 bits per heavy atom. The molecule has 1 aliphatic carbocycles. The molecular weight excluding hydrogens is 400 g/mol. The van der Waals surface area contributed by atoms with E-state index in [0.717, 1.165) is 44.4 Å². The number of ether oxygens (including phenoxy) is 1. The van der Waals surface area contributed by atoms with E-state index in [1.165, 1.54) is 70.6 Å². The number of carboxylic acid groups (broad SMARTS) is 1. The van der Waals surface area contributed by atoms with Crippen LogP contribution in [0.5, 0.6) is 0 Å². The summed E-state index contributed by atoms with van der Waals surface area (Å²) in [5.41, 5.74) is 0. The highest BCUT2D eigenvalue weighted by atomic mass is 16.5. The minimum absolute atomic E-state index is 0.0144. The lowest BCUT2D eigenvalue weighted by atomic mass is 9.81. The van der Waals surface area contributed by atoms with Crippen molar-refractivity contribution in [3.05, 3.63) is 0 Å². The number of aliphatic carboxylic acids is 1. The van der Waals surface area contributed by atoms with Crippen molar-refractivity contribution in [3.63, 3.8) is 0 Å². The van der Waals surface area contributed by atoms with Crippen LogP contribution in [-0.2, 0) is 14.3 Å². The smallest absolute Gasteiger partial charge is 0.309 e. The molecule has 1 aliphatic rings. The molecule has 3 unspecified atom stereocenters. The summed E-state index contributed by atoms with van der Waals surface area (Å²) in [5.74, 6) is -0.680. The van der Waals surface area contributed by atoms with Crippen LogP contribution >= 0.6 is 0 Å². The second-order valence-corrected chi connectivity index (χ2v) is 10.6. The molecule has 0 amide bonds. The Morgan fingerprint density at radius 2 is 1.28 bits per heavy atom. The van der Waals surface area contributed by atoms with Crippen LogP contribution in [0.25, 0.3) is 0 Å². The van der Waals surface area contributed by atoms with Crippen LogP contribution in [0.15, 0.2) is 0 Å². The number of rotatable bonds is 19. The zero-order valence-electron chi connectivity index (χ0n) is 21.4. The van der Waals surface area contributed by atoms with E-state index in [0.29, 0.717) is 12.8 Å². The lowest BCUT2D eigenvalue weighted by Gasteiger charge is -2.27. The van der Waals surface area contributed by atoms with Crippen molar-refractivity contribution in [2.24, 2.45) is 17.8 Å². The van der Waals surface area contributed by atoms with E-state index in [4.69, 9.17) is 4.74 Å². The molecule has 0 aliphatic heterocycles. The summed E-state index contributed by atoms with van der Waals surface area (Å²) in [6.45, 7) is 6.82. The standard InChI is InChI=1S/C28H52O4/c1-4-5-6-14-20-26(21-15-12-10-8-7-9-11-13-17-23(2)3)32-28(31)25-19-16-18-24(22-25)27(29)30/h23-26H,4-22H2,1-3H3,(H,29,30). The van der Waals surface area contributed by atoms with E-state index < -0.39 is 5.97 Å². The molecule has 0 aromatic rings. The van der Waals surface area contributed by atoms with Crippen molar-refractivity contribution in [2.45, 2.75) is 149 Å². The molecule has 0 heterocycles. The van der Waals surface area contributed by atoms with Crippen molar-refractivity contribution in [2.75, 3.05) is 0 Å². The molecular formula is C28H52O4. The maximum absolute atomic E-state index is 12.8. The fourth-order valence-electron chi connectivity index (χ4n) is 4.93. The summed E-state index contributed by atoms with van der Waals surface area (Å²) >= 11 is 0. The summed E-state index contributed by atoms with van der Waals surface area (Å²) < 4.78 is 5.96. The van der Waals surface area contributed by atoms with Crippen LogP contribution in [0.4, 0.5) is 0 Å². The third kappa shape index (κ3) is 14.2. The average molecular weight is 453 g/mol. The SMILES string of the molecule is CCCCCCC(CCCCCCCCCCC(C)C)OC(=O)C1CCCC(C(=O)O)C1. The summed E-state index contributed by atoms with van der Waals surface area (Å²) in [5, 5.41) is 9.30. The first-order valence-corrected chi connectivity index (χ1v) is 13.9. The van der Waals surface area contributed by atoms with Gasteiger partial charge in [0.25, 0.3) is 0 Å². The van der Waals surface area contributed by atoms with Crippen molar-refractivity contribution in [3.8, 4) is 0 Å². The molecule has 1 saturated carbocycles. The number of carbonyl (C=O) groups is 2. The maximum atomic E-state index is 12.8. The van der Waals surface area contributed by atoms with Gasteiger partial charge in [-0.1, -0.05) is 97.8 Å². The van der Waals surface area contributed by atoms with Crippen LogP contribution in [0.1, 0.15) is 143 Å². The van der Waals surface area contributed by atoms with E-state index in [1.807, 2.05) is 0 Å². The van der Waals surface area contributed by atoms with Crippen molar-refractivity contribution in [1.29, 1.82) is 0 Å². The first-order valence-electron chi connectivity index (χ1n) is 13.9. The maximum Gasteiger partial charge on any atom is 0.309 e. The summed E-state index contributed by atoms with van der Waals surface area (Å²) in [7, 11) is 0. The van der Waals surface area contributed by atoms with Gasteiger partial charge < -0.3 is 9.84 Å². The zero-order chi connectivity index (χ0) is 23.6. The highest BCUT2D eigenvalue weighted by Crippen LogP contribution is 2.31. The lowest BCUT2D eigenvalue weighted by molar-refractivity contribution is -0.158. The molecule has 4 heteroatoms. The number of carboxylic acids is 1. The van der Waals surface area contributed by atoms with Gasteiger partial charge in [-0.2, -0.15) is 0 Å². The predicted octanol–water partition coefficient (Wildman–Crippen LogP) is 8.32. The van der Waals surface area contributed by atoms with Gasteiger partial charge in [-0.05, 0) is 50.9 Å². The van der Waals surface area contributed by atoms with E-state index in [1.54, 1.807) is 0 Å². The monoisotopic (exact) mass is 452 g/mol. The molecule has 32 heavy (non-hydrogen) atoms. The summed E-state index contributed by atoms with van der Waals surface area (Å²) in [4.78, 5) is 24.1. The molecule has 0 saturated heterocycles. The predicted molar refractivity (Wildman–Crippen MR) is 133 cm³/mol. The quantitative estimate of drug-likeness (QED) is 0.158. The normalized spacial score (nSPS) is 19.8. The van der Waals surface area contributed by atoms with Gasteiger partial charge in [-0.15, -0.1) is 0 Å². The number of carbonyl (C=O) groups excluding carboxylic acids is 1. The van der Waals surface area contributed by atoms with Gasteiger partial charge >= 0.3 is 11.9 Å². The minimum Gasteiger partial charge on any atom is -0.481 e. The van der Waals surface area contributed by atoms with Gasteiger partial charge in [-0.25, -0.2) is 0 Å². The number of esters is 1. The summed E-state index contributed by atoms with van der Waals surface area (Å²) in [6.07, 6.45) is 21.2. The fraction of sp³-hybridized carbons (Fsp3) is 0.929. The largest absolute Gasteiger partial charge is 0.481 e. The van der Waals surface area contributed by atoms with Gasteiger partial charge in [0.2, 0.25) is 0 Å². The fourth-order valence-corrected chi connectivity index (χ4v) is 4.93. The first-order chi connectivity index (χ1) is 15.4.